The Morgan fingerprint density at radius 1 is 0.967 bits per heavy atom. The van der Waals surface area contributed by atoms with Gasteiger partial charge in [0.1, 0.15) is 23.5 Å². The van der Waals surface area contributed by atoms with Crippen molar-refractivity contribution in [1.82, 2.24) is 14.3 Å². The van der Waals surface area contributed by atoms with Crippen LogP contribution in [0, 0.1) is 18.3 Å². The zero-order valence-corrected chi connectivity index (χ0v) is 17.7. The molecule has 158 valence electrons. The van der Waals surface area contributed by atoms with E-state index in [1.807, 2.05) is 19.1 Å². The van der Waals surface area contributed by atoms with Crippen molar-refractivity contribution in [2.24, 2.45) is 0 Å². The Bertz CT molecular complexity index is 1050. The summed E-state index contributed by atoms with van der Waals surface area (Å²) in [6.07, 6.45) is 0. The smallest absolute Gasteiger partial charge is 0.244 e. The van der Waals surface area contributed by atoms with Crippen LogP contribution in [-0.2, 0) is 14.8 Å². The minimum Gasteiger partial charge on any atom is -0.378 e. The van der Waals surface area contributed by atoms with Gasteiger partial charge in [-0.05, 0) is 19.1 Å². The first kappa shape index (κ1) is 20.5. The van der Waals surface area contributed by atoms with Gasteiger partial charge < -0.3 is 14.5 Å². The molecule has 4 rings (SSSR count). The highest BCUT2D eigenvalue weighted by molar-refractivity contribution is 7.89. The highest BCUT2D eigenvalue weighted by atomic mass is 32.2. The molecule has 1 aromatic carbocycles. The number of piperazine rings is 1. The molecule has 2 aromatic rings. The van der Waals surface area contributed by atoms with Crippen LogP contribution in [0.5, 0.6) is 0 Å². The summed E-state index contributed by atoms with van der Waals surface area (Å²) in [4.78, 5) is 13.5. The number of morpholine rings is 1. The second-order valence-electron chi connectivity index (χ2n) is 7.23. The standard InChI is InChI=1S/C20H24N6O3S/c1-16-22-19(14-20(23-16)25-10-12-29-13-11-25)24-6-8-26(9-7-24)30(27,28)18-5-3-2-4-17(18)15-21/h2-5,14H,6-13H2,1H3. The lowest BCUT2D eigenvalue weighted by Crippen LogP contribution is -2.49. The number of sulfonamides is 1. The van der Waals surface area contributed by atoms with Crippen LogP contribution in [0.25, 0.3) is 0 Å². The number of nitrogens with zero attached hydrogens (tertiary/aromatic N) is 6. The summed E-state index contributed by atoms with van der Waals surface area (Å²) in [7, 11) is -3.71. The van der Waals surface area contributed by atoms with Gasteiger partial charge in [0, 0.05) is 45.3 Å². The number of hydrogen-bond acceptors (Lipinski definition) is 8. The SMILES string of the molecule is Cc1nc(N2CCOCC2)cc(N2CCN(S(=O)(=O)c3ccccc3C#N)CC2)n1. The fourth-order valence-corrected chi connectivity index (χ4v) is 5.30. The summed E-state index contributed by atoms with van der Waals surface area (Å²) in [6, 6.07) is 10.3. The Hall–Kier alpha value is -2.74. The fraction of sp³-hybridized carbons (Fsp3) is 0.450. The van der Waals surface area contributed by atoms with Crippen molar-refractivity contribution in [3.8, 4) is 6.07 Å². The molecule has 10 heteroatoms. The van der Waals surface area contributed by atoms with Crippen LogP contribution in [-0.4, -0.2) is 75.2 Å². The van der Waals surface area contributed by atoms with Gasteiger partial charge in [-0.25, -0.2) is 18.4 Å². The van der Waals surface area contributed by atoms with E-state index in [2.05, 4.69) is 19.8 Å². The molecule has 2 saturated heterocycles. The van der Waals surface area contributed by atoms with Crippen LogP contribution in [0.1, 0.15) is 11.4 Å². The molecule has 0 amide bonds. The highest BCUT2D eigenvalue weighted by Crippen LogP contribution is 2.24. The lowest BCUT2D eigenvalue weighted by Gasteiger charge is -2.35. The Labute approximate surface area is 176 Å². The number of nitriles is 1. The van der Waals surface area contributed by atoms with Crippen molar-refractivity contribution < 1.29 is 13.2 Å². The van der Waals surface area contributed by atoms with E-state index in [9.17, 15) is 13.7 Å². The van der Waals surface area contributed by atoms with E-state index >= 15 is 0 Å². The van der Waals surface area contributed by atoms with E-state index in [4.69, 9.17) is 4.74 Å². The lowest BCUT2D eigenvalue weighted by atomic mass is 10.2. The monoisotopic (exact) mass is 428 g/mol. The van der Waals surface area contributed by atoms with Gasteiger partial charge in [-0.15, -0.1) is 0 Å². The molecule has 9 nitrogen and oxygen atoms in total. The average molecular weight is 429 g/mol. The third-order valence-electron chi connectivity index (χ3n) is 5.33. The number of hydrogen-bond donors (Lipinski definition) is 0. The maximum Gasteiger partial charge on any atom is 0.244 e. The number of rotatable bonds is 4. The van der Waals surface area contributed by atoms with E-state index in [-0.39, 0.29) is 10.5 Å². The van der Waals surface area contributed by atoms with Gasteiger partial charge >= 0.3 is 0 Å². The van der Waals surface area contributed by atoms with Gasteiger partial charge in [0.2, 0.25) is 10.0 Å². The molecular formula is C20H24N6O3S. The molecule has 30 heavy (non-hydrogen) atoms. The van der Waals surface area contributed by atoms with Crippen LogP contribution in [0.15, 0.2) is 35.2 Å². The zero-order valence-electron chi connectivity index (χ0n) is 16.9. The summed E-state index contributed by atoms with van der Waals surface area (Å²) in [5, 5.41) is 9.26. The van der Waals surface area contributed by atoms with Gasteiger partial charge in [-0.2, -0.15) is 9.57 Å². The topological polar surface area (TPSA) is 103 Å². The third-order valence-corrected chi connectivity index (χ3v) is 7.29. The van der Waals surface area contributed by atoms with Crippen molar-refractivity contribution in [2.75, 3.05) is 62.3 Å². The van der Waals surface area contributed by atoms with Gasteiger partial charge in [-0.3, -0.25) is 0 Å². The summed E-state index contributed by atoms with van der Waals surface area (Å²) < 4.78 is 32.9. The van der Waals surface area contributed by atoms with Gasteiger partial charge in [0.15, 0.2) is 0 Å². The summed E-state index contributed by atoms with van der Waals surface area (Å²) >= 11 is 0. The van der Waals surface area contributed by atoms with E-state index in [0.29, 0.717) is 45.2 Å². The minimum atomic E-state index is -3.71. The minimum absolute atomic E-state index is 0.0634. The van der Waals surface area contributed by atoms with Crippen molar-refractivity contribution in [1.29, 1.82) is 5.26 Å². The van der Waals surface area contributed by atoms with Crippen LogP contribution in [0.2, 0.25) is 0 Å². The Morgan fingerprint density at radius 2 is 1.57 bits per heavy atom. The van der Waals surface area contributed by atoms with Crippen molar-refractivity contribution in [3.63, 3.8) is 0 Å². The van der Waals surface area contributed by atoms with Crippen LogP contribution in [0.3, 0.4) is 0 Å². The predicted molar refractivity (Wildman–Crippen MR) is 112 cm³/mol. The van der Waals surface area contributed by atoms with Crippen LogP contribution < -0.4 is 9.80 Å². The number of ether oxygens (including phenoxy) is 1. The molecule has 0 spiro atoms. The zero-order chi connectivity index (χ0) is 21.1. The first-order valence-electron chi connectivity index (χ1n) is 9.91. The largest absolute Gasteiger partial charge is 0.378 e. The number of aromatic nitrogens is 2. The maximum atomic E-state index is 13.0. The maximum absolute atomic E-state index is 13.0. The van der Waals surface area contributed by atoms with Crippen molar-refractivity contribution >= 4 is 21.7 Å². The quantitative estimate of drug-likeness (QED) is 0.711. The molecule has 1 aromatic heterocycles. The van der Waals surface area contributed by atoms with E-state index in [1.54, 1.807) is 12.1 Å². The van der Waals surface area contributed by atoms with Crippen LogP contribution >= 0.6 is 0 Å². The average Bonchev–Trinajstić information content (AvgIpc) is 2.79. The Balaban J connectivity index is 1.50. The van der Waals surface area contributed by atoms with Crippen molar-refractivity contribution in [3.05, 3.63) is 41.7 Å². The molecule has 0 saturated carbocycles. The summed E-state index contributed by atoms with van der Waals surface area (Å²) in [6.45, 7) is 6.52. The molecule has 2 aliphatic heterocycles. The molecular weight excluding hydrogens is 404 g/mol. The molecule has 3 heterocycles. The summed E-state index contributed by atoms with van der Waals surface area (Å²) in [5.41, 5.74) is 0.168. The van der Waals surface area contributed by atoms with Gasteiger partial charge in [0.05, 0.1) is 23.7 Å². The first-order chi connectivity index (χ1) is 14.5. The van der Waals surface area contributed by atoms with Crippen molar-refractivity contribution in [2.45, 2.75) is 11.8 Å². The Morgan fingerprint density at radius 3 is 2.20 bits per heavy atom. The molecule has 0 bridgehead atoms. The first-order valence-corrected chi connectivity index (χ1v) is 11.4. The predicted octanol–water partition coefficient (Wildman–Crippen LogP) is 1.00. The molecule has 0 aliphatic carbocycles. The second kappa shape index (κ2) is 8.55. The number of benzene rings is 1. The number of anilines is 2. The fourth-order valence-electron chi connectivity index (χ4n) is 3.73. The normalized spacial score (nSPS) is 18.3. The molecule has 0 atom stereocenters. The third kappa shape index (κ3) is 4.09. The Kier molecular flexibility index (Phi) is 5.85. The van der Waals surface area contributed by atoms with Gasteiger partial charge in [0.25, 0.3) is 0 Å². The van der Waals surface area contributed by atoms with E-state index < -0.39 is 10.0 Å². The van der Waals surface area contributed by atoms with E-state index in [1.165, 1.54) is 16.4 Å². The number of aryl methyl sites for hydroxylation is 1. The molecule has 0 N–H and O–H groups in total. The second-order valence-corrected chi connectivity index (χ2v) is 9.14. The van der Waals surface area contributed by atoms with E-state index in [0.717, 1.165) is 24.7 Å². The molecule has 0 unspecified atom stereocenters. The molecule has 2 fully saturated rings. The highest BCUT2D eigenvalue weighted by Gasteiger charge is 2.31. The lowest BCUT2D eigenvalue weighted by molar-refractivity contribution is 0.122. The molecule has 2 aliphatic rings. The summed E-state index contributed by atoms with van der Waals surface area (Å²) in [5.74, 6) is 2.37. The van der Waals surface area contributed by atoms with Crippen LogP contribution in [0.4, 0.5) is 11.6 Å². The molecule has 0 radical (unpaired) electrons. The van der Waals surface area contributed by atoms with Gasteiger partial charge in [-0.1, -0.05) is 12.1 Å².